The van der Waals surface area contributed by atoms with E-state index in [1.54, 1.807) is 0 Å². The molecule has 2 fully saturated rings. The van der Waals surface area contributed by atoms with Gasteiger partial charge in [-0.05, 0) is 44.1 Å². The number of ether oxygens (including phenoxy) is 1. The normalized spacial score (nSPS) is 27.0. The Hall–Kier alpha value is -0.870. The Kier molecular flexibility index (Phi) is 4.13. The first-order valence-corrected chi connectivity index (χ1v) is 8.13. The maximum absolute atomic E-state index is 6.11. The predicted octanol–water partition coefficient (Wildman–Crippen LogP) is 2.83. The van der Waals surface area contributed by atoms with Crippen LogP contribution in [0.2, 0.25) is 0 Å². The van der Waals surface area contributed by atoms with Crippen molar-refractivity contribution in [3.8, 4) is 0 Å². The molecule has 0 amide bonds. The zero-order valence-corrected chi connectivity index (χ0v) is 12.6. The Morgan fingerprint density at radius 3 is 3.05 bits per heavy atom. The van der Waals surface area contributed by atoms with E-state index >= 15 is 0 Å². The molecule has 0 bridgehead atoms. The van der Waals surface area contributed by atoms with Crippen LogP contribution in [-0.4, -0.2) is 28.0 Å². The molecule has 0 aromatic carbocycles. The fourth-order valence-corrected chi connectivity index (χ4v) is 3.73. The zero-order chi connectivity index (χ0) is 14.0. The van der Waals surface area contributed by atoms with Crippen LogP contribution in [0.3, 0.4) is 0 Å². The fourth-order valence-electron chi connectivity index (χ4n) is 3.73. The second-order valence-corrected chi connectivity index (χ2v) is 6.59. The lowest BCUT2D eigenvalue weighted by molar-refractivity contribution is -0.0910. The molecule has 1 aromatic heterocycles. The molecule has 2 atom stereocenters. The quantitative estimate of drug-likeness (QED) is 0.920. The molecule has 1 aliphatic carbocycles. The van der Waals surface area contributed by atoms with Crippen LogP contribution >= 0.6 is 0 Å². The monoisotopic (exact) mass is 277 g/mol. The SMILES string of the molecule is CCC(N)Cc1cnn(C2CCOC3(CCCC3)C2)c1. The summed E-state index contributed by atoms with van der Waals surface area (Å²) in [5.41, 5.74) is 7.46. The van der Waals surface area contributed by atoms with E-state index in [2.05, 4.69) is 22.9 Å². The summed E-state index contributed by atoms with van der Waals surface area (Å²) in [6, 6.07) is 0.761. The smallest absolute Gasteiger partial charge is 0.0703 e. The third kappa shape index (κ3) is 2.91. The van der Waals surface area contributed by atoms with Crippen LogP contribution in [0.25, 0.3) is 0 Å². The molecule has 112 valence electrons. The largest absolute Gasteiger partial charge is 0.375 e. The van der Waals surface area contributed by atoms with Crippen molar-refractivity contribution in [1.82, 2.24) is 9.78 Å². The lowest BCUT2D eigenvalue weighted by Gasteiger charge is -2.38. The number of hydrogen-bond donors (Lipinski definition) is 1. The van der Waals surface area contributed by atoms with Crippen LogP contribution in [0.15, 0.2) is 12.4 Å². The van der Waals surface area contributed by atoms with Gasteiger partial charge in [0, 0.05) is 18.8 Å². The highest BCUT2D eigenvalue weighted by Crippen LogP contribution is 2.43. The third-order valence-electron chi connectivity index (χ3n) is 5.03. The predicted molar refractivity (Wildman–Crippen MR) is 79.6 cm³/mol. The third-order valence-corrected chi connectivity index (χ3v) is 5.03. The summed E-state index contributed by atoms with van der Waals surface area (Å²) < 4.78 is 8.27. The number of rotatable bonds is 4. The topological polar surface area (TPSA) is 53.1 Å². The van der Waals surface area contributed by atoms with E-state index in [0.29, 0.717) is 6.04 Å². The number of nitrogens with two attached hydrogens (primary N) is 1. The minimum atomic E-state index is 0.162. The minimum Gasteiger partial charge on any atom is -0.375 e. The highest BCUT2D eigenvalue weighted by atomic mass is 16.5. The van der Waals surface area contributed by atoms with Gasteiger partial charge in [0.05, 0.1) is 17.8 Å². The molecule has 1 aliphatic heterocycles. The molecular formula is C16H27N3O. The van der Waals surface area contributed by atoms with Crippen molar-refractivity contribution in [1.29, 1.82) is 0 Å². The van der Waals surface area contributed by atoms with Crippen LogP contribution in [0.4, 0.5) is 0 Å². The Bertz CT molecular complexity index is 437. The van der Waals surface area contributed by atoms with E-state index in [1.165, 1.54) is 31.2 Å². The number of aromatic nitrogens is 2. The summed E-state index contributed by atoms with van der Waals surface area (Å²) >= 11 is 0. The standard InChI is InChI=1S/C16H27N3O/c1-2-14(17)9-13-11-18-19(12-13)15-5-8-20-16(10-15)6-3-4-7-16/h11-12,14-15H,2-10,17H2,1H3. The van der Waals surface area contributed by atoms with Gasteiger partial charge in [0.2, 0.25) is 0 Å². The van der Waals surface area contributed by atoms with Gasteiger partial charge >= 0.3 is 0 Å². The molecule has 3 rings (SSSR count). The van der Waals surface area contributed by atoms with Crippen LogP contribution in [0, 0.1) is 0 Å². The molecule has 2 N–H and O–H groups in total. The van der Waals surface area contributed by atoms with Crippen molar-refractivity contribution in [2.45, 2.75) is 76.0 Å². The molecule has 1 spiro atoms. The highest BCUT2D eigenvalue weighted by molar-refractivity contribution is 5.07. The zero-order valence-electron chi connectivity index (χ0n) is 12.6. The van der Waals surface area contributed by atoms with Crippen LogP contribution < -0.4 is 5.73 Å². The summed E-state index contributed by atoms with van der Waals surface area (Å²) in [5, 5.41) is 4.59. The van der Waals surface area contributed by atoms with Crippen LogP contribution in [0.1, 0.15) is 63.5 Å². The van der Waals surface area contributed by atoms with Gasteiger partial charge in [-0.25, -0.2) is 0 Å². The first-order valence-electron chi connectivity index (χ1n) is 8.13. The van der Waals surface area contributed by atoms with Gasteiger partial charge in [0.15, 0.2) is 0 Å². The van der Waals surface area contributed by atoms with E-state index in [-0.39, 0.29) is 11.6 Å². The molecule has 4 nitrogen and oxygen atoms in total. The Morgan fingerprint density at radius 2 is 2.30 bits per heavy atom. The molecule has 2 heterocycles. The van der Waals surface area contributed by atoms with Crippen molar-refractivity contribution < 1.29 is 4.74 Å². The highest BCUT2D eigenvalue weighted by Gasteiger charge is 2.40. The molecule has 2 aliphatic rings. The molecular weight excluding hydrogens is 250 g/mol. The Balaban J connectivity index is 1.66. The summed E-state index contributed by atoms with van der Waals surface area (Å²) in [4.78, 5) is 0. The molecule has 1 saturated heterocycles. The Labute approximate surface area is 121 Å². The first kappa shape index (κ1) is 14.1. The summed E-state index contributed by atoms with van der Waals surface area (Å²) in [5.74, 6) is 0. The van der Waals surface area contributed by atoms with Crippen LogP contribution in [-0.2, 0) is 11.2 Å². The Morgan fingerprint density at radius 1 is 1.50 bits per heavy atom. The number of hydrogen-bond acceptors (Lipinski definition) is 3. The molecule has 2 unspecified atom stereocenters. The second-order valence-electron chi connectivity index (χ2n) is 6.59. The van der Waals surface area contributed by atoms with Gasteiger partial charge in [0.25, 0.3) is 0 Å². The molecule has 0 radical (unpaired) electrons. The molecule has 1 saturated carbocycles. The van der Waals surface area contributed by atoms with Gasteiger partial charge < -0.3 is 10.5 Å². The van der Waals surface area contributed by atoms with E-state index in [0.717, 1.165) is 32.3 Å². The van der Waals surface area contributed by atoms with Gasteiger partial charge in [-0.2, -0.15) is 5.10 Å². The fraction of sp³-hybridized carbons (Fsp3) is 0.812. The van der Waals surface area contributed by atoms with Gasteiger partial charge in [-0.3, -0.25) is 4.68 Å². The van der Waals surface area contributed by atoms with Gasteiger partial charge in [-0.15, -0.1) is 0 Å². The second kappa shape index (κ2) is 5.86. The number of nitrogens with zero attached hydrogens (tertiary/aromatic N) is 2. The van der Waals surface area contributed by atoms with E-state index in [1.807, 2.05) is 6.20 Å². The van der Waals surface area contributed by atoms with Gasteiger partial charge in [-0.1, -0.05) is 19.8 Å². The maximum atomic E-state index is 6.11. The van der Waals surface area contributed by atoms with E-state index in [4.69, 9.17) is 10.5 Å². The van der Waals surface area contributed by atoms with Crippen molar-refractivity contribution in [2.75, 3.05) is 6.61 Å². The van der Waals surface area contributed by atoms with Gasteiger partial charge in [0.1, 0.15) is 0 Å². The lowest BCUT2D eigenvalue weighted by atomic mass is 9.89. The van der Waals surface area contributed by atoms with E-state index in [9.17, 15) is 0 Å². The van der Waals surface area contributed by atoms with Crippen molar-refractivity contribution in [2.24, 2.45) is 5.73 Å². The molecule has 4 heteroatoms. The summed E-state index contributed by atoms with van der Waals surface area (Å²) in [7, 11) is 0. The average molecular weight is 277 g/mol. The first-order chi connectivity index (χ1) is 9.71. The average Bonchev–Trinajstić information content (AvgIpc) is 3.09. The van der Waals surface area contributed by atoms with E-state index < -0.39 is 0 Å². The van der Waals surface area contributed by atoms with Crippen molar-refractivity contribution >= 4 is 0 Å². The summed E-state index contributed by atoms with van der Waals surface area (Å²) in [6.45, 7) is 3.02. The summed E-state index contributed by atoms with van der Waals surface area (Å²) in [6.07, 6.45) is 13.5. The van der Waals surface area contributed by atoms with Crippen LogP contribution in [0.5, 0.6) is 0 Å². The minimum absolute atomic E-state index is 0.162. The van der Waals surface area contributed by atoms with Crippen molar-refractivity contribution in [3.63, 3.8) is 0 Å². The lowest BCUT2D eigenvalue weighted by Crippen LogP contribution is -2.38. The maximum Gasteiger partial charge on any atom is 0.0703 e. The molecule has 1 aromatic rings. The van der Waals surface area contributed by atoms with Crippen molar-refractivity contribution in [3.05, 3.63) is 18.0 Å². The molecule has 20 heavy (non-hydrogen) atoms.